The molecule has 0 aliphatic rings. The zero-order chi connectivity index (χ0) is 30.9. The summed E-state index contributed by atoms with van der Waals surface area (Å²) in [4.78, 5) is 29.5. The van der Waals surface area contributed by atoms with Gasteiger partial charge in [0.2, 0.25) is 0 Å². The lowest BCUT2D eigenvalue weighted by Crippen LogP contribution is -2.21. The van der Waals surface area contributed by atoms with Crippen molar-refractivity contribution in [3.05, 3.63) is 119 Å². The van der Waals surface area contributed by atoms with Crippen LogP contribution in [-0.2, 0) is 4.79 Å². The Balaban J connectivity index is 1.13. The van der Waals surface area contributed by atoms with Crippen LogP contribution in [0.5, 0.6) is 11.5 Å². The van der Waals surface area contributed by atoms with Gasteiger partial charge in [0.1, 0.15) is 5.82 Å². The van der Waals surface area contributed by atoms with E-state index in [1.807, 2.05) is 48.7 Å². The molecule has 0 atom stereocenters. The van der Waals surface area contributed by atoms with Crippen molar-refractivity contribution in [2.24, 2.45) is 5.10 Å². The number of anilines is 3. The molecule has 0 saturated carbocycles. The Hall–Kier alpha value is -5.55. The number of nitrogens with zero attached hydrogens (tertiary/aromatic N) is 2. The number of hydrogen-bond acceptors (Lipinski definition) is 8. The van der Waals surface area contributed by atoms with Crippen LogP contribution in [0.25, 0.3) is 11.3 Å². The molecule has 0 bridgehead atoms. The van der Waals surface area contributed by atoms with Crippen molar-refractivity contribution in [3.63, 3.8) is 0 Å². The molecular weight excluding hydrogens is 581 g/mol. The van der Waals surface area contributed by atoms with Gasteiger partial charge >= 0.3 is 0 Å². The molecule has 5 rings (SSSR count). The number of aryl methyl sites for hydroxylation is 1. The van der Waals surface area contributed by atoms with Gasteiger partial charge in [-0.25, -0.2) is 14.8 Å². The quantitative estimate of drug-likeness (QED) is 0.112. The van der Waals surface area contributed by atoms with Gasteiger partial charge in [0.05, 0.1) is 24.7 Å². The number of halogens is 1. The molecule has 2 amide bonds. The summed E-state index contributed by atoms with van der Waals surface area (Å²) in [6.07, 6.45) is 1.46. The summed E-state index contributed by atoms with van der Waals surface area (Å²) in [5.41, 5.74) is 7.49. The number of benzene rings is 4. The first-order valence-electron chi connectivity index (χ1n) is 13.5. The van der Waals surface area contributed by atoms with Gasteiger partial charge in [-0.2, -0.15) is 5.10 Å². The largest absolute Gasteiger partial charge is 0.493 e. The molecule has 3 N–H and O–H groups in total. The molecule has 222 valence electrons. The molecule has 0 spiro atoms. The first kappa shape index (κ1) is 29.9. The number of carbonyl (C=O) groups excluding carboxylic acids is 2. The molecule has 9 nitrogen and oxygen atoms in total. The highest BCUT2D eigenvalue weighted by Gasteiger charge is 2.11. The van der Waals surface area contributed by atoms with Crippen molar-refractivity contribution in [1.82, 2.24) is 10.4 Å². The van der Waals surface area contributed by atoms with E-state index < -0.39 is 11.7 Å². The molecular formula is C33H28FN5O4S. The lowest BCUT2D eigenvalue weighted by Gasteiger charge is -2.11. The summed E-state index contributed by atoms with van der Waals surface area (Å²) in [6, 6.07) is 26.0. The minimum absolute atomic E-state index is 0.0674. The summed E-state index contributed by atoms with van der Waals surface area (Å²) in [6.45, 7) is 1.70. The fourth-order valence-electron chi connectivity index (χ4n) is 4.02. The van der Waals surface area contributed by atoms with Crippen molar-refractivity contribution < 1.29 is 23.5 Å². The van der Waals surface area contributed by atoms with Gasteiger partial charge in [0.25, 0.3) is 11.8 Å². The Morgan fingerprint density at radius 1 is 0.977 bits per heavy atom. The zero-order valence-electron chi connectivity index (χ0n) is 23.8. The van der Waals surface area contributed by atoms with Gasteiger partial charge in [-0.3, -0.25) is 9.59 Å². The molecule has 0 radical (unpaired) electrons. The molecule has 4 aromatic carbocycles. The first-order chi connectivity index (χ1) is 21.4. The number of aromatic nitrogens is 1. The van der Waals surface area contributed by atoms with Crippen LogP contribution in [0.15, 0.2) is 101 Å². The lowest BCUT2D eigenvalue weighted by atomic mass is 10.1. The SMILES string of the molecule is COc1cc(/C=N/NC(=O)c2ccc(-c3csc(Nc4ccc(C)cc4)n3)cc2)ccc1OCC(=O)Nc1ccccc1F. The van der Waals surface area contributed by atoms with Crippen LogP contribution in [0.2, 0.25) is 0 Å². The number of rotatable bonds is 11. The number of ether oxygens (including phenoxy) is 2. The van der Waals surface area contributed by atoms with Crippen LogP contribution in [0.1, 0.15) is 21.5 Å². The van der Waals surface area contributed by atoms with Gasteiger partial charge in [-0.05, 0) is 67.1 Å². The standard InChI is InChI=1S/C33H28FN5O4S/c1-21-7-14-25(15-8-21)36-33-38-28(20-44-33)23-10-12-24(13-11-23)32(41)39-35-18-22-9-16-29(30(17-22)42-2)43-19-31(40)37-27-6-4-3-5-26(27)34/h3-18,20H,19H2,1-2H3,(H,36,38)(H,37,40)(H,39,41)/b35-18+. The van der Waals surface area contributed by atoms with Crippen molar-refractivity contribution in [1.29, 1.82) is 0 Å². The Kier molecular flexibility index (Phi) is 9.57. The van der Waals surface area contributed by atoms with Crippen LogP contribution in [0, 0.1) is 12.7 Å². The maximum Gasteiger partial charge on any atom is 0.271 e. The highest BCUT2D eigenvalue weighted by atomic mass is 32.1. The van der Waals surface area contributed by atoms with Crippen molar-refractivity contribution in [3.8, 4) is 22.8 Å². The smallest absolute Gasteiger partial charge is 0.271 e. The zero-order valence-corrected chi connectivity index (χ0v) is 24.7. The second-order valence-corrected chi connectivity index (χ2v) is 10.4. The molecule has 1 heterocycles. The number of hydrazone groups is 1. The molecule has 1 aromatic heterocycles. The van der Waals surface area contributed by atoms with Gasteiger partial charge < -0.3 is 20.1 Å². The van der Waals surface area contributed by atoms with Gasteiger partial charge in [0, 0.05) is 22.2 Å². The Morgan fingerprint density at radius 2 is 1.75 bits per heavy atom. The molecule has 0 fully saturated rings. The third kappa shape index (κ3) is 7.84. The van der Waals surface area contributed by atoms with Gasteiger partial charge in [0.15, 0.2) is 23.2 Å². The first-order valence-corrected chi connectivity index (χ1v) is 14.3. The molecule has 5 aromatic rings. The van der Waals surface area contributed by atoms with Crippen molar-refractivity contribution in [2.45, 2.75) is 6.92 Å². The number of carbonyl (C=O) groups is 2. The number of hydrogen-bond donors (Lipinski definition) is 3. The number of thiazole rings is 1. The molecule has 11 heteroatoms. The Labute approximate surface area is 257 Å². The van der Waals surface area contributed by atoms with E-state index in [4.69, 9.17) is 9.47 Å². The number of amides is 2. The average molecular weight is 610 g/mol. The molecule has 0 aliphatic heterocycles. The average Bonchev–Trinajstić information content (AvgIpc) is 3.51. The van der Waals surface area contributed by atoms with Gasteiger partial charge in [-0.15, -0.1) is 11.3 Å². The topological polar surface area (TPSA) is 114 Å². The molecule has 44 heavy (non-hydrogen) atoms. The maximum absolute atomic E-state index is 13.8. The monoisotopic (exact) mass is 609 g/mol. The lowest BCUT2D eigenvalue weighted by molar-refractivity contribution is -0.118. The summed E-state index contributed by atoms with van der Waals surface area (Å²) in [7, 11) is 1.46. The fourth-order valence-corrected chi connectivity index (χ4v) is 4.76. The van der Waals surface area contributed by atoms with E-state index in [0.717, 1.165) is 22.1 Å². The second kappa shape index (κ2) is 14.1. The summed E-state index contributed by atoms with van der Waals surface area (Å²) < 4.78 is 24.7. The van der Waals surface area contributed by atoms with E-state index in [2.05, 4.69) is 26.1 Å². The number of para-hydroxylation sites is 1. The summed E-state index contributed by atoms with van der Waals surface area (Å²) in [5, 5.41) is 12.5. The van der Waals surface area contributed by atoms with Crippen molar-refractivity contribution >= 4 is 45.9 Å². The Bertz CT molecular complexity index is 1790. The van der Waals surface area contributed by atoms with E-state index in [0.29, 0.717) is 22.6 Å². The third-order valence-electron chi connectivity index (χ3n) is 6.32. The van der Waals surface area contributed by atoms with Crippen LogP contribution in [0.3, 0.4) is 0 Å². The fraction of sp³-hybridized carbons (Fsp3) is 0.0909. The number of methoxy groups -OCH3 is 1. The summed E-state index contributed by atoms with van der Waals surface area (Å²) in [5.74, 6) is -0.766. The van der Waals surface area contributed by atoms with E-state index in [9.17, 15) is 14.0 Å². The van der Waals surface area contributed by atoms with E-state index in [-0.39, 0.29) is 18.2 Å². The normalized spacial score (nSPS) is 10.8. The van der Waals surface area contributed by atoms with Gasteiger partial charge in [-0.1, -0.05) is 42.0 Å². The Morgan fingerprint density at radius 3 is 2.50 bits per heavy atom. The van der Waals surface area contributed by atoms with Crippen LogP contribution in [0.4, 0.5) is 20.9 Å². The van der Waals surface area contributed by atoms with Crippen LogP contribution >= 0.6 is 11.3 Å². The van der Waals surface area contributed by atoms with E-state index in [1.165, 1.54) is 48.4 Å². The molecule has 0 unspecified atom stereocenters. The van der Waals surface area contributed by atoms with E-state index >= 15 is 0 Å². The second-order valence-electron chi connectivity index (χ2n) is 9.53. The van der Waals surface area contributed by atoms with Crippen LogP contribution < -0.4 is 25.5 Å². The predicted molar refractivity (Wildman–Crippen MR) is 171 cm³/mol. The highest BCUT2D eigenvalue weighted by Crippen LogP contribution is 2.29. The minimum atomic E-state index is -0.539. The summed E-state index contributed by atoms with van der Waals surface area (Å²) >= 11 is 1.50. The predicted octanol–water partition coefficient (Wildman–Crippen LogP) is 6.79. The highest BCUT2D eigenvalue weighted by molar-refractivity contribution is 7.14. The maximum atomic E-state index is 13.8. The molecule has 0 saturated heterocycles. The molecule has 0 aliphatic carbocycles. The van der Waals surface area contributed by atoms with E-state index in [1.54, 1.807) is 36.4 Å². The number of nitrogens with one attached hydrogen (secondary N) is 3. The van der Waals surface area contributed by atoms with Crippen molar-refractivity contribution in [2.75, 3.05) is 24.4 Å². The minimum Gasteiger partial charge on any atom is -0.493 e. The van der Waals surface area contributed by atoms with Crippen LogP contribution in [-0.4, -0.2) is 36.7 Å². The third-order valence-corrected chi connectivity index (χ3v) is 7.08.